The number of aromatic nitrogens is 2. The van der Waals surface area contributed by atoms with Crippen molar-refractivity contribution >= 4 is 45.8 Å². The lowest BCUT2D eigenvalue weighted by Gasteiger charge is -2.31. The SMILES string of the molecule is CCCCCCNC(=O)C1CCCN(C(=O)/C=C/c2c(Cl)nc3sccn23)C1. The van der Waals surface area contributed by atoms with Gasteiger partial charge >= 0.3 is 0 Å². The van der Waals surface area contributed by atoms with E-state index in [1.807, 2.05) is 16.0 Å². The lowest BCUT2D eigenvalue weighted by atomic mass is 9.97. The standard InChI is InChI=1S/C20H27ClN4O2S/c1-2-3-4-5-10-22-19(27)15-7-6-11-24(14-15)17(26)9-8-16-18(21)23-20-25(16)12-13-28-20/h8-9,12-13,15H,2-7,10-11,14H2,1H3,(H,22,27)/b9-8+. The number of likely N-dealkylation sites (tertiary alicyclic amines) is 1. The van der Waals surface area contributed by atoms with Gasteiger partial charge in [-0.15, -0.1) is 11.3 Å². The number of thiazole rings is 1. The summed E-state index contributed by atoms with van der Waals surface area (Å²) in [5.74, 6) is -0.155. The number of nitrogens with one attached hydrogen (secondary N) is 1. The van der Waals surface area contributed by atoms with Gasteiger partial charge in [-0.1, -0.05) is 37.8 Å². The molecule has 1 atom stereocenters. The molecular weight excluding hydrogens is 396 g/mol. The van der Waals surface area contributed by atoms with Gasteiger partial charge in [0.2, 0.25) is 11.8 Å². The van der Waals surface area contributed by atoms with Crippen molar-refractivity contribution in [2.45, 2.75) is 45.4 Å². The zero-order valence-corrected chi connectivity index (χ0v) is 17.8. The van der Waals surface area contributed by atoms with Gasteiger partial charge in [-0.2, -0.15) is 0 Å². The van der Waals surface area contributed by atoms with Gasteiger partial charge in [0, 0.05) is 37.3 Å². The van der Waals surface area contributed by atoms with E-state index in [2.05, 4.69) is 17.2 Å². The number of hydrogen-bond acceptors (Lipinski definition) is 4. The molecule has 6 nitrogen and oxygen atoms in total. The Hall–Kier alpha value is -1.86. The number of carbonyl (C=O) groups excluding carboxylic acids is 2. The van der Waals surface area contributed by atoms with Crippen LogP contribution in [0.3, 0.4) is 0 Å². The molecule has 3 rings (SSSR count). The number of unbranched alkanes of at least 4 members (excludes halogenated alkanes) is 3. The number of piperidine rings is 1. The predicted octanol–water partition coefficient (Wildman–Crippen LogP) is 4.00. The zero-order valence-electron chi connectivity index (χ0n) is 16.2. The maximum atomic E-state index is 12.6. The lowest BCUT2D eigenvalue weighted by molar-refractivity contribution is -0.132. The summed E-state index contributed by atoms with van der Waals surface area (Å²) in [7, 11) is 0. The number of fused-ring (bicyclic) bond motifs is 1. The molecule has 1 aliphatic rings. The van der Waals surface area contributed by atoms with Crippen molar-refractivity contribution in [1.29, 1.82) is 0 Å². The maximum Gasteiger partial charge on any atom is 0.246 e. The largest absolute Gasteiger partial charge is 0.356 e. The molecule has 1 fully saturated rings. The van der Waals surface area contributed by atoms with Crippen LogP contribution in [0.2, 0.25) is 5.15 Å². The van der Waals surface area contributed by atoms with Crippen LogP contribution in [0.25, 0.3) is 11.0 Å². The van der Waals surface area contributed by atoms with E-state index in [1.54, 1.807) is 11.0 Å². The van der Waals surface area contributed by atoms with Crippen LogP contribution in [-0.4, -0.2) is 45.7 Å². The van der Waals surface area contributed by atoms with Crippen LogP contribution in [0.4, 0.5) is 0 Å². The van der Waals surface area contributed by atoms with Crippen LogP contribution >= 0.6 is 22.9 Å². The Kier molecular flexibility index (Phi) is 7.50. The van der Waals surface area contributed by atoms with Gasteiger partial charge in [-0.3, -0.25) is 14.0 Å². The van der Waals surface area contributed by atoms with E-state index in [0.717, 1.165) is 37.2 Å². The summed E-state index contributed by atoms with van der Waals surface area (Å²) in [6.45, 7) is 4.04. The molecule has 0 saturated carbocycles. The van der Waals surface area contributed by atoms with E-state index in [-0.39, 0.29) is 17.7 Å². The lowest BCUT2D eigenvalue weighted by Crippen LogP contribution is -2.45. The Balaban J connectivity index is 1.53. The second kappa shape index (κ2) is 10.1. The first-order valence-corrected chi connectivity index (χ1v) is 11.2. The molecule has 8 heteroatoms. The molecule has 0 spiro atoms. The highest BCUT2D eigenvalue weighted by atomic mass is 35.5. The molecule has 0 bridgehead atoms. The van der Waals surface area contributed by atoms with E-state index < -0.39 is 0 Å². The highest BCUT2D eigenvalue weighted by molar-refractivity contribution is 7.15. The minimum Gasteiger partial charge on any atom is -0.356 e. The van der Waals surface area contributed by atoms with Crippen LogP contribution in [0, 0.1) is 5.92 Å². The molecule has 28 heavy (non-hydrogen) atoms. The first kappa shape index (κ1) is 20.9. The van der Waals surface area contributed by atoms with Crippen LogP contribution in [-0.2, 0) is 9.59 Å². The summed E-state index contributed by atoms with van der Waals surface area (Å²) in [6.07, 6.45) is 11.3. The van der Waals surface area contributed by atoms with Crippen LogP contribution in [0.15, 0.2) is 17.7 Å². The Labute approximate surface area is 174 Å². The van der Waals surface area contributed by atoms with Crippen molar-refractivity contribution in [2.24, 2.45) is 5.92 Å². The van der Waals surface area contributed by atoms with Crippen molar-refractivity contribution in [1.82, 2.24) is 19.6 Å². The topological polar surface area (TPSA) is 66.7 Å². The molecule has 3 heterocycles. The second-order valence-corrected chi connectivity index (χ2v) is 8.38. The molecule has 0 aliphatic carbocycles. The molecule has 1 aliphatic heterocycles. The summed E-state index contributed by atoms with van der Waals surface area (Å²) >= 11 is 7.66. The van der Waals surface area contributed by atoms with Gasteiger partial charge in [0.1, 0.15) is 0 Å². The molecule has 2 aromatic heterocycles. The molecule has 2 aromatic rings. The first-order chi connectivity index (χ1) is 13.6. The molecule has 1 unspecified atom stereocenters. The molecular formula is C20H27ClN4O2S. The predicted molar refractivity (Wildman–Crippen MR) is 114 cm³/mol. The second-order valence-electron chi connectivity index (χ2n) is 7.15. The molecule has 0 aromatic carbocycles. The number of hydrogen-bond donors (Lipinski definition) is 1. The highest BCUT2D eigenvalue weighted by Crippen LogP contribution is 2.23. The van der Waals surface area contributed by atoms with E-state index >= 15 is 0 Å². The van der Waals surface area contributed by atoms with Gasteiger partial charge < -0.3 is 10.2 Å². The van der Waals surface area contributed by atoms with Gasteiger partial charge in [-0.25, -0.2) is 4.98 Å². The first-order valence-electron chi connectivity index (χ1n) is 9.96. The Bertz CT molecular complexity index is 844. The van der Waals surface area contributed by atoms with Crippen molar-refractivity contribution in [3.8, 4) is 0 Å². The molecule has 0 radical (unpaired) electrons. The zero-order chi connectivity index (χ0) is 19.9. The molecule has 2 amide bonds. The molecule has 152 valence electrons. The van der Waals surface area contributed by atoms with Gasteiger partial charge in [0.25, 0.3) is 0 Å². The van der Waals surface area contributed by atoms with E-state index in [0.29, 0.717) is 23.9 Å². The van der Waals surface area contributed by atoms with Crippen LogP contribution in [0.5, 0.6) is 0 Å². The minimum atomic E-state index is -0.126. The summed E-state index contributed by atoms with van der Waals surface area (Å²) in [5, 5.41) is 5.34. The van der Waals surface area contributed by atoms with Gasteiger partial charge in [0.05, 0.1) is 11.6 Å². The van der Waals surface area contributed by atoms with E-state index in [9.17, 15) is 9.59 Å². The molecule has 1 saturated heterocycles. The van der Waals surface area contributed by atoms with Crippen molar-refractivity contribution in [3.63, 3.8) is 0 Å². The number of halogens is 1. The monoisotopic (exact) mass is 422 g/mol. The summed E-state index contributed by atoms with van der Waals surface area (Å²) in [5.41, 5.74) is 0.699. The average Bonchev–Trinajstić information content (AvgIpc) is 3.26. The average molecular weight is 423 g/mol. The maximum absolute atomic E-state index is 12.6. The third kappa shape index (κ3) is 5.14. The molecule has 1 N–H and O–H groups in total. The summed E-state index contributed by atoms with van der Waals surface area (Å²) in [4.78, 5) is 31.8. The van der Waals surface area contributed by atoms with Gasteiger partial charge in [-0.05, 0) is 25.3 Å². The summed E-state index contributed by atoms with van der Waals surface area (Å²) < 4.78 is 1.86. The highest BCUT2D eigenvalue weighted by Gasteiger charge is 2.27. The smallest absolute Gasteiger partial charge is 0.246 e. The van der Waals surface area contributed by atoms with E-state index in [4.69, 9.17) is 11.6 Å². The van der Waals surface area contributed by atoms with E-state index in [1.165, 1.54) is 30.3 Å². The Morgan fingerprint density at radius 3 is 3.07 bits per heavy atom. The van der Waals surface area contributed by atoms with Crippen molar-refractivity contribution in [3.05, 3.63) is 28.5 Å². The van der Waals surface area contributed by atoms with Crippen LogP contribution < -0.4 is 5.32 Å². The quantitative estimate of drug-likeness (QED) is 0.516. The minimum absolute atomic E-state index is 0.0665. The fraction of sp³-hybridized carbons (Fsp3) is 0.550. The number of imidazole rings is 1. The summed E-state index contributed by atoms with van der Waals surface area (Å²) in [6, 6.07) is 0. The van der Waals surface area contributed by atoms with Crippen LogP contribution in [0.1, 0.15) is 51.1 Å². The van der Waals surface area contributed by atoms with Crippen molar-refractivity contribution < 1.29 is 9.59 Å². The number of amides is 2. The third-order valence-electron chi connectivity index (χ3n) is 5.07. The number of carbonyl (C=O) groups is 2. The fourth-order valence-electron chi connectivity index (χ4n) is 3.48. The fourth-order valence-corrected chi connectivity index (χ4v) is 4.49. The van der Waals surface area contributed by atoms with Crippen molar-refractivity contribution in [2.75, 3.05) is 19.6 Å². The third-order valence-corrected chi connectivity index (χ3v) is 6.11. The number of rotatable bonds is 8. The normalized spacial score (nSPS) is 17.5. The number of nitrogens with zero attached hydrogens (tertiary/aromatic N) is 3. The Morgan fingerprint density at radius 2 is 2.25 bits per heavy atom. The Morgan fingerprint density at radius 1 is 1.39 bits per heavy atom. The van der Waals surface area contributed by atoms with Gasteiger partial charge in [0.15, 0.2) is 10.1 Å².